The number of thioether (sulfide) groups is 1. The Morgan fingerprint density at radius 3 is 3.00 bits per heavy atom. The molecular formula is C13H14N2O2S. The number of carbonyl (C=O) groups excluding carboxylic acids is 1. The zero-order valence-corrected chi connectivity index (χ0v) is 10.9. The van der Waals surface area contributed by atoms with Crippen LogP contribution in [-0.4, -0.2) is 23.8 Å². The Morgan fingerprint density at radius 2 is 2.22 bits per heavy atom. The van der Waals surface area contributed by atoms with Crippen LogP contribution in [0.15, 0.2) is 35.5 Å². The Hall–Kier alpha value is -1.75. The normalized spacial score (nSPS) is 10.5. The first-order valence-electron chi connectivity index (χ1n) is 5.54. The minimum absolute atomic E-state index is 0.194. The fraction of sp³-hybridized carbons (Fsp3) is 0.231. The molecule has 0 radical (unpaired) electrons. The SMILES string of the molecule is COC(=O)CCSc1ccc(N)c2ccncc12. The van der Waals surface area contributed by atoms with Gasteiger partial charge < -0.3 is 10.5 Å². The second-order valence-corrected chi connectivity index (χ2v) is 4.89. The Balaban J connectivity index is 2.18. The van der Waals surface area contributed by atoms with Crippen LogP contribution in [-0.2, 0) is 9.53 Å². The molecular weight excluding hydrogens is 248 g/mol. The highest BCUT2D eigenvalue weighted by molar-refractivity contribution is 7.99. The number of carbonyl (C=O) groups is 1. The Morgan fingerprint density at radius 1 is 1.39 bits per heavy atom. The molecule has 5 heteroatoms. The highest BCUT2D eigenvalue weighted by Gasteiger charge is 2.06. The molecule has 0 aliphatic rings. The van der Waals surface area contributed by atoms with Crippen molar-refractivity contribution in [3.63, 3.8) is 0 Å². The third kappa shape index (κ3) is 2.73. The van der Waals surface area contributed by atoms with Gasteiger partial charge >= 0.3 is 5.97 Å². The molecule has 94 valence electrons. The van der Waals surface area contributed by atoms with Gasteiger partial charge in [-0.3, -0.25) is 9.78 Å². The molecule has 0 amide bonds. The van der Waals surface area contributed by atoms with Gasteiger partial charge in [0.05, 0.1) is 13.5 Å². The number of anilines is 1. The number of rotatable bonds is 4. The molecule has 0 aliphatic heterocycles. The van der Waals surface area contributed by atoms with Crippen molar-refractivity contribution in [2.24, 2.45) is 0 Å². The largest absolute Gasteiger partial charge is 0.469 e. The first-order chi connectivity index (χ1) is 8.72. The predicted octanol–water partition coefficient (Wildman–Crippen LogP) is 2.47. The Labute approximate surface area is 110 Å². The fourth-order valence-corrected chi connectivity index (χ4v) is 2.63. The highest BCUT2D eigenvalue weighted by atomic mass is 32.2. The second-order valence-electron chi connectivity index (χ2n) is 3.75. The number of methoxy groups -OCH3 is 1. The lowest BCUT2D eigenvalue weighted by Crippen LogP contribution is -2.01. The van der Waals surface area contributed by atoms with Crippen LogP contribution in [0, 0.1) is 0 Å². The molecule has 0 saturated carbocycles. The number of hydrogen-bond acceptors (Lipinski definition) is 5. The van der Waals surface area contributed by atoms with Crippen molar-refractivity contribution in [1.29, 1.82) is 0 Å². The average Bonchev–Trinajstić information content (AvgIpc) is 2.41. The van der Waals surface area contributed by atoms with Crippen LogP contribution in [0.5, 0.6) is 0 Å². The molecule has 0 spiro atoms. The zero-order chi connectivity index (χ0) is 13.0. The maximum atomic E-state index is 11.1. The standard InChI is InChI=1S/C13H14N2O2S/c1-17-13(16)5-7-18-12-3-2-11(14)9-4-6-15-8-10(9)12/h2-4,6,8H,5,7,14H2,1H3. The summed E-state index contributed by atoms with van der Waals surface area (Å²) in [7, 11) is 1.40. The predicted molar refractivity (Wildman–Crippen MR) is 73.5 cm³/mol. The molecule has 0 fully saturated rings. The smallest absolute Gasteiger partial charge is 0.306 e. The summed E-state index contributed by atoms with van der Waals surface area (Å²) in [6.07, 6.45) is 3.92. The van der Waals surface area contributed by atoms with E-state index in [9.17, 15) is 4.79 Å². The molecule has 1 aromatic carbocycles. The third-order valence-corrected chi connectivity index (χ3v) is 3.68. The van der Waals surface area contributed by atoms with Gasteiger partial charge in [-0.1, -0.05) is 0 Å². The van der Waals surface area contributed by atoms with Crippen molar-refractivity contribution in [2.75, 3.05) is 18.6 Å². The van der Waals surface area contributed by atoms with E-state index in [4.69, 9.17) is 5.73 Å². The number of fused-ring (bicyclic) bond motifs is 1. The summed E-state index contributed by atoms with van der Waals surface area (Å²) in [4.78, 5) is 16.2. The number of benzene rings is 1. The second kappa shape index (κ2) is 5.73. The van der Waals surface area contributed by atoms with Gasteiger partial charge in [-0.25, -0.2) is 0 Å². The molecule has 2 rings (SSSR count). The summed E-state index contributed by atoms with van der Waals surface area (Å²) >= 11 is 1.61. The highest BCUT2D eigenvalue weighted by Crippen LogP contribution is 2.31. The van der Waals surface area contributed by atoms with Gasteiger partial charge in [0.1, 0.15) is 0 Å². The number of ether oxygens (including phenoxy) is 1. The van der Waals surface area contributed by atoms with Gasteiger partial charge in [-0.2, -0.15) is 0 Å². The quantitative estimate of drug-likeness (QED) is 0.521. The Kier molecular flexibility index (Phi) is 4.04. The van der Waals surface area contributed by atoms with Crippen molar-refractivity contribution in [2.45, 2.75) is 11.3 Å². The molecule has 0 bridgehead atoms. The van der Waals surface area contributed by atoms with Crippen molar-refractivity contribution >= 4 is 34.2 Å². The molecule has 0 aliphatic carbocycles. The van der Waals surface area contributed by atoms with Gasteiger partial charge in [0, 0.05) is 39.5 Å². The number of nitrogens with zero attached hydrogens (tertiary/aromatic N) is 1. The minimum Gasteiger partial charge on any atom is -0.469 e. The van der Waals surface area contributed by atoms with Crippen LogP contribution in [0.4, 0.5) is 5.69 Å². The van der Waals surface area contributed by atoms with E-state index in [-0.39, 0.29) is 5.97 Å². The van der Waals surface area contributed by atoms with E-state index in [1.807, 2.05) is 18.2 Å². The lowest BCUT2D eigenvalue weighted by molar-refractivity contribution is -0.140. The van der Waals surface area contributed by atoms with Gasteiger partial charge in [-0.15, -0.1) is 11.8 Å². The van der Waals surface area contributed by atoms with Crippen molar-refractivity contribution in [3.05, 3.63) is 30.6 Å². The number of esters is 1. The molecule has 2 N–H and O–H groups in total. The van der Waals surface area contributed by atoms with E-state index in [1.165, 1.54) is 7.11 Å². The molecule has 18 heavy (non-hydrogen) atoms. The molecule has 0 saturated heterocycles. The topological polar surface area (TPSA) is 65.2 Å². The minimum atomic E-state index is -0.194. The molecule has 4 nitrogen and oxygen atoms in total. The number of aromatic nitrogens is 1. The number of pyridine rings is 1. The number of hydrogen-bond donors (Lipinski definition) is 1. The van der Waals surface area contributed by atoms with E-state index in [1.54, 1.807) is 24.2 Å². The monoisotopic (exact) mass is 262 g/mol. The van der Waals surface area contributed by atoms with E-state index < -0.39 is 0 Å². The van der Waals surface area contributed by atoms with E-state index in [2.05, 4.69) is 9.72 Å². The van der Waals surface area contributed by atoms with Crippen LogP contribution in [0.2, 0.25) is 0 Å². The maximum absolute atomic E-state index is 11.1. The van der Waals surface area contributed by atoms with Crippen LogP contribution in [0.1, 0.15) is 6.42 Å². The van der Waals surface area contributed by atoms with E-state index in [0.29, 0.717) is 12.2 Å². The summed E-state index contributed by atoms with van der Waals surface area (Å²) in [5.74, 6) is 0.487. The van der Waals surface area contributed by atoms with Gasteiger partial charge in [0.25, 0.3) is 0 Å². The summed E-state index contributed by atoms with van der Waals surface area (Å²) in [6.45, 7) is 0. The summed E-state index contributed by atoms with van der Waals surface area (Å²) in [6, 6.07) is 5.74. The molecule has 1 heterocycles. The summed E-state index contributed by atoms with van der Waals surface area (Å²) < 4.78 is 4.61. The van der Waals surface area contributed by atoms with E-state index >= 15 is 0 Å². The maximum Gasteiger partial charge on any atom is 0.306 e. The average molecular weight is 262 g/mol. The summed E-state index contributed by atoms with van der Waals surface area (Å²) in [5.41, 5.74) is 6.65. The molecule has 0 unspecified atom stereocenters. The first-order valence-corrected chi connectivity index (χ1v) is 6.52. The van der Waals surface area contributed by atoms with Crippen LogP contribution >= 0.6 is 11.8 Å². The van der Waals surface area contributed by atoms with Crippen molar-refractivity contribution in [1.82, 2.24) is 4.98 Å². The zero-order valence-electron chi connectivity index (χ0n) is 10.1. The van der Waals surface area contributed by atoms with Crippen LogP contribution in [0.25, 0.3) is 10.8 Å². The Bertz CT molecular complexity index is 572. The molecule has 1 aromatic heterocycles. The number of nitrogen functional groups attached to an aromatic ring is 1. The number of nitrogens with two attached hydrogens (primary N) is 1. The lowest BCUT2D eigenvalue weighted by Gasteiger charge is -2.07. The van der Waals surface area contributed by atoms with Crippen LogP contribution < -0.4 is 5.73 Å². The van der Waals surface area contributed by atoms with Gasteiger partial charge in [0.15, 0.2) is 0 Å². The molecule has 0 atom stereocenters. The van der Waals surface area contributed by atoms with Gasteiger partial charge in [0.2, 0.25) is 0 Å². The third-order valence-electron chi connectivity index (χ3n) is 2.60. The van der Waals surface area contributed by atoms with Gasteiger partial charge in [-0.05, 0) is 18.2 Å². The van der Waals surface area contributed by atoms with Crippen LogP contribution in [0.3, 0.4) is 0 Å². The lowest BCUT2D eigenvalue weighted by atomic mass is 10.1. The van der Waals surface area contributed by atoms with Crippen molar-refractivity contribution < 1.29 is 9.53 Å². The summed E-state index contributed by atoms with van der Waals surface area (Å²) in [5, 5.41) is 2.01. The molecule has 2 aromatic rings. The first kappa shape index (κ1) is 12.7. The van der Waals surface area contributed by atoms with E-state index in [0.717, 1.165) is 21.4 Å². The fourth-order valence-electron chi connectivity index (χ4n) is 1.66. The van der Waals surface area contributed by atoms with Crippen molar-refractivity contribution in [3.8, 4) is 0 Å².